The molecule has 3 amide bonds. The summed E-state index contributed by atoms with van der Waals surface area (Å²) in [6, 6.07) is 10.2. The molecule has 2 aromatic carbocycles. The molecule has 6 nitrogen and oxygen atoms in total. The molecule has 1 fully saturated rings. The molecule has 2 aromatic rings. The fraction of sp³-hybridized carbons (Fsp3) is 0.211. The van der Waals surface area contributed by atoms with Gasteiger partial charge in [-0.1, -0.05) is 11.6 Å². The zero-order valence-electron chi connectivity index (χ0n) is 14.3. The Morgan fingerprint density at radius 1 is 1.00 bits per heavy atom. The van der Waals surface area contributed by atoms with E-state index in [0.29, 0.717) is 43.0 Å². The van der Waals surface area contributed by atoms with E-state index in [1.807, 2.05) is 0 Å². The highest BCUT2D eigenvalue weighted by Gasteiger charge is 2.21. The summed E-state index contributed by atoms with van der Waals surface area (Å²) in [6.07, 6.45) is 0.781. The zero-order valence-corrected chi connectivity index (χ0v) is 15.1. The van der Waals surface area contributed by atoms with E-state index >= 15 is 0 Å². The number of rotatable bonds is 4. The standard InChI is InChI=1S/C19H17ClFN3O3/c20-16-11-15(5-6-17(16)21)22-18(26)13-1-3-14(4-2-13)19(27)24-9-7-23(12-25)8-10-24/h1-6,11-12H,7-10H2,(H,22,26). The van der Waals surface area contributed by atoms with Crippen molar-refractivity contribution < 1.29 is 18.8 Å². The molecule has 1 aliphatic heterocycles. The Kier molecular flexibility index (Phi) is 5.71. The average Bonchev–Trinajstić information content (AvgIpc) is 2.70. The summed E-state index contributed by atoms with van der Waals surface area (Å²) < 4.78 is 13.2. The zero-order chi connectivity index (χ0) is 19.4. The largest absolute Gasteiger partial charge is 0.342 e. The van der Waals surface area contributed by atoms with Crippen LogP contribution in [0.3, 0.4) is 0 Å². The number of anilines is 1. The van der Waals surface area contributed by atoms with Crippen molar-refractivity contribution in [3.05, 3.63) is 64.4 Å². The van der Waals surface area contributed by atoms with Gasteiger partial charge in [0.15, 0.2) is 0 Å². The van der Waals surface area contributed by atoms with Gasteiger partial charge in [-0.2, -0.15) is 0 Å². The van der Waals surface area contributed by atoms with Crippen LogP contribution in [0.1, 0.15) is 20.7 Å². The Hall–Kier alpha value is -2.93. The lowest BCUT2D eigenvalue weighted by Crippen LogP contribution is -2.48. The molecule has 1 aliphatic rings. The predicted molar refractivity (Wildman–Crippen MR) is 99.3 cm³/mol. The first kappa shape index (κ1) is 18.8. The van der Waals surface area contributed by atoms with Crippen molar-refractivity contribution in [3.63, 3.8) is 0 Å². The first-order chi connectivity index (χ1) is 13.0. The summed E-state index contributed by atoms with van der Waals surface area (Å²) in [7, 11) is 0. The highest BCUT2D eigenvalue weighted by Crippen LogP contribution is 2.20. The van der Waals surface area contributed by atoms with Crippen LogP contribution in [-0.4, -0.2) is 54.2 Å². The first-order valence-electron chi connectivity index (χ1n) is 8.33. The van der Waals surface area contributed by atoms with E-state index in [4.69, 9.17) is 11.6 Å². The highest BCUT2D eigenvalue weighted by molar-refractivity contribution is 6.31. The SMILES string of the molecule is O=CN1CCN(C(=O)c2ccc(C(=O)Nc3ccc(F)c(Cl)c3)cc2)CC1. The van der Waals surface area contributed by atoms with Crippen molar-refractivity contribution in [3.8, 4) is 0 Å². The Bertz CT molecular complexity index is 865. The molecule has 0 radical (unpaired) electrons. The molecule has 27 heavy (non-hydrogen) atoms. The number of benzene rings is 2. The van der Waals surface area contributed by atoms with Crippen LogP contribution in [0.25, 0.3) is 0 Å². The van der Waals surface area contributed by atoms with Crippen molar-refractivity contribution in [2.75, 3.05) is 31.5 Å². The molecule has 3 rings (SSSR count). The van der Waals surface area contributed by atoms with E-state index in [9.17, 15) is 18.8 Å². The lowest BCUT2D eigenvalue weighted by Gasteiger charge is -2.32. The lowest BCUT2D eigenvalue weighted by molar-refractivity contribution is -0.119. The average molecular weight is 390 g/mol. The minimum atomic E-state index is -0.563. The summed E-state index contributed by atoms with van der Waals surface area (Å²) in [5.74, 6) is -1.10. The van der Waals surface area contributed by atoms with Gasteiger partial charge in [0.2, 0.25) is 6.41 Å². The molecule has 1 heterocycles. The fourth-order valence-electron chi connectivity index (χ4n) is 2.75. The molecule has 0 bridgehead atoms. The Labute approximate surface area is 160 Å². The van der Waals surface area contributed by atoms with Crippen molar-refractivity contribution in [1.82, 2.24) is 9.80 Å². The topological polar surface area (TPSA) is 69.7 Å². The molecule has 0 spiro atoms. The molecule has 1 saturated heterocycles. The van der Waals surface area contributed by atoms with Gasteiger partial charge >= 0.3 is 0 Å². The Balaban J connectivity index is 1.64. The van der Waals surface area contributed by atoms with Crippen LogP contribution in [0.2, 0.25) is 5.02 Å². The van der Waals surface area contributed by atoms with Gasteiger partial charge < -0.3 is 15.1 Å². The number of nitrogens with one attached hydrogen (secondary N) is 1. The molecule has 0 aliphatic carbocycles. The third-order valence-electron chi connectivity index (χ3n) is 4.32. The van der Waals surface area contributed by atoms with Gasteiger partial charge in [0.25, 0.3) is 11.8 Å². The third kappa shape index (κ3) is 4.43. The van der Waals surface area contributed by atoms with Gasteiger partial charge in [0.05, 0.1) is 5.02 Å². The highest BCUT2D eigenvalue weighted by atomic mass is 35.5. The second kappa shape index (κ2) is 8.18. The van der Waals surface area contributed by atoms with Crippen molar-refractivity contribution in [1.29, 1.82) is 0 Å². The summed E-state index contributed by atoms with van der Waals surface area (Å²) in [5.41, 5.74) is 1.20. The summed E-state index contributed by atoms with van der Waals surface area (Å²) >= 11 is 5.70. The minimum absolute atomic E-state index is 0.0802. The third-order valence-corrected chi connectivity index (χ3v) is 4.61. The maximum Gasteiger partial charge on any atom is 0.255 e. The van der Waals surface area contributed by atoms with Gasteiger partial charge in [0.1, 0.15) is 5.82 Å². The van der Waals surface area contributed by atoms with Gasteiger partial charge in [-0.25, -0.2) is 4.39 Å². The lowest BCUT2D eigenvalue weighted by atomic mass is 10.1. The molecular formula is C19H17ClFN3O3. The smallest absolute Gasteiger partial charge is 0.255 e. The van der Waals surface area contributed by atoms with Crippen LogP contribution in [-0.2, 0) is 4.79 Å². The molecular weight excluding hydrogens is 373 g/mol. The van der Waals surface area contributed by atoms with Crippen molar-refractivity contribution in [2.45, 2.75) is 0 Å². The van der Waals surface area contributed by atoms with Crippen LogP contribution in [0.4, 0.5) is 10.1 Å². The fourth-order valence-corrected chi connectivity index (χ4v) is 2.93. The quantitative estimate of drug-likeness (QED) is 0.817. The van der Waals surface area contributed by atoms with E-state index in [1.165, 1.54) is 18.2 Å². The van der Waals surface area contributed by atoms with E-state index in [2.05, 4.69) is 5.32 Å². The summed E-state index contributed by atoms with van der Waals surface area (Å²) in [6.45, 7) is 1.97. The number of nitrogens with zero attached hydrogens (tertiary/aromatic N) is 2. The van der Waals surface area contributed by atoms with Crippen molar-refractivity contribution in [2.24, 2.45) is 0 Å². The molecule has 0 unspecified atom stereocenters. The van der Waals surface area contributed by atoms with Crippen molar-refractivity contribution >= 4 is 35.5 Å². The molecule has 8 heteroatoms. The number of hydrogen-bond acceptors (Lipinski definition) is 3. The van der Waals surface area contributed by atoms with Crippen LogP contribution >= 0.6 is 11.6 Å². The summed E-state index contributed by atoms with van der Waals surface area (Å²) in [4.78, 5) is 38.8. The van der Waals surface area contributed by atoms with Gasteiger partial charge in [-0.3, -0.25) is 14.4 Å². The van der Waals surface area contributed by atoms with E-state index < -0.39 is 11.7 Å². The maximum absolute atomic E-state index is 13.2. The van der Waals surface area contributed by atoms with Crippen LogP contribution in [0.5, 0.6) is 0 Å². The second-order valence-corrected chi connectivity index (χ2v) is 6.50. The number of piperazine rings is 1. The molecule has 0 atom stereocenters. The molecule has 140 valence electrons. The van der Waals surface area contributed by atoms with E-state index in [0.717, 1.165) is 6.41 Å². The molecule has 1 N–H and O–H groups in total. The predicted octanol–water partition coefficient (Wildman–Crippen LogP) is 2.65. The minimum Gasteiger partial charge on any atom is -0.342 e. The van der Waals surface area contributed by atoms with Crippen LogP contribution < -0.4 is 5.32 Å². The Morgan fingerprint density at radius 2 is 1.63 bits per heavy atom. The normalized spacial score (nSPS) is 14.0. The Morgan fingerprint density at radius 3 is 2.22 bits per heavy atom. The van der Waals surface area contributed by atoms with Crippen LogP contribution in [0, 0.1) is 5.82 Å². The second-order valence-electron chi connectivity index (χ2n) is 6.09. The number of carbonyl (C=O) groups excluding carboxylic acids is 3. The number of carbonyl (C=O) groups is 3. The molecule has 0 aromatic heterocycles. The summed E-state index contributed by atoms with van der Waals surface area (Å²) in [5, 5.41) is 2.55. The van der Waals surface area contributed by atoms with Gasteiger partial charge in [0, 0.05) is 43.0 Å². The molecule has 0 saturated carbocycles. The number of hydrogen-bond donors (Lipinski definition) is 1. The number of halogens is 2. The first-order valence-corrected chi connectivity index (χ1v) is 8.71. The monoisotopic (exact) mass is 389 g/mol. The van der Waals surface area contributed by atoms with E-state index in [1.54, 1.807) is 34.1 Å². The van der Waals surface area contributed by atoms with E-state index in [-0.39, 0.29) is 10.9 Å². The van der Waals surface area contributed by atoms with Gasteiger partial charge in [-0.15, -0.1) is 0 Å². The van der Waals surface area contributed by atoms with Gasteiger partial charge in [-0.05, 0) is 42.5 Å². The van der Waals surface area contributed by atoms with Crippen LogP contribution in [0.15, 0.2) is 42.5 Å². The number of amides is 3. The maximum atomic E-state index is 13.2.